The maximum absolute atomic E-state index is 14.9. The van der Waals surface area contributed by atoms with E-state index in [4.69, 9.17) is 15.2 Å². The Morgan fingerprint density at radius 1 is 1.12 bits per heavy atom. The number of benzene rings is 2. The topological polar surface area (TPSA) is 108 Å². The van der Waals surface area contributed by atoms with Crippen LogP contribution in [0.3, 0.4) is 0 Å². The lowest BCUT2D eigenvalue weighted by atomic mass is 9.92. The van der Waals surface area contributed by atoms with Crippen molar-refractivity contribution in [3.05, 3.63) is 65.7 Å². The number of ether oxygens (including phenoxy) is 2. The highest BCUT2D eigenvalue weighted by Gasteiger charge is 2.45. The van der Waals surface area contributed by atoms with Crippen LogP contribution < -0.4 is 10.5 Å². The van der Waals surface area contributed by atoms with Gasteiger partial charge in [0.25, 0.3) is 0 Å². The predicted molar refractivity (Wildman–Crippen MR) is 164 cm³/mol. The molecule has 4 heterocycles. The van der Waals surface area contributed by atoms with E-state index in [1.165, 1.54) is 6.07 Å². The van der Waals surface area contributed by atoms with Crippen LogP contribution in [0, 0.1) is 5.82 Å². The number of ketones is 1. The van der Waals surface area contributed by atoms with E-state index in [0.717, 1.165) is 31.5 Å². The number of hydrogen-bond donors (Lipinski definition) is 1. The molecule has 0 radical (unpaired) electrons. The highest BCUT2D eigenvalue weighted by atomic mass is 19.1. The van der Waals surface area contributed by atoms with Gasteiger partial charge in [-0.2, -0.15) is 0 Å². The average molecular weight is 587 g/mol. The van der Waals surface area contributed by atoms with Crippen molar-refractivity contribution in [2.45, 2.75) is 70.5 Å². The molecule has 43 heavy (non-hydrogen) atoms. The molecular weight excluding hydrogens is 547 g/mol. The van der Waals surface area contributed by atoms with Gasteiger partial charge in [-0.3, -0.25) is 9.69 Å². The minimum atomic E-state index is -0.493. The largest absolute Gasteiger partial charge is 0.493 e. The molecular formula is C33H39FN6O3. The summed E-state index contributed by atoms with van der Waals surface area (Å²) in [6.45, 7) is 10.7. The van der Waals surface area contributed by atoms with Crippen LogP contribution in [0.4, 0.5) is 10.2 Å². The number of anilines is 1. The number of Topliss-reactive ketones (excluding diaryl/α,β-unsaturated/α-hetero) is 1. The van der Waals surface area contributed by atoms with E-state index in [2.05, 4.69) is 41.0 Å². The number of hydrogen-bond acceptors (Lipinski definition) is 8. The number of nitrogens with zero attached hydrogens (tertiary/aromatic N) is 5. The van der Waals surface area contributed by atoms with Gasteiger partial charge in [-0.05, 0) is 44.4 Å². The van der Waals surface area contributed by atoms with Gasteiger partial charge in [0.05, 0.1) is 35.5 Å². The maximum Gasteiger partial charge on any atom is 0.185 e. The van der Waals surface area contributed by atoms with Crippen LogP contribution in [0.5, 0.6) is 5.75 Å². The highest BCUT2D eigenvalue weighted by Crippen LogP contribution is 2.39. The number of nitrogens with two attached hydrogens (primary N) is 1. The molecule has 2 aromatic heterocycles. The fraction of sp³-hybridized carbons (Fsp3) is 0.455. The van der Waals surface area contributed by atoms with Crippen molar-refractivity contribution in [1.29, 1.82) is 0 Å². The molecule has 2 aliphatic rings. The zero-order chi connectivity index (χ0) is 30.3. The summed E-state index contributed by atoms with van der Waals surface area (Å²) in [7, 11) is 0. The first kappa shape index (κ1) is 29.2. The zero-order valence-corrected chi connectivity index (χ0v) is 25.2. The lowest BCUT2D eigenvalue weighted by Crippen LogP contribution is -2.48. The molecule has 9 nitrogen and oxygen atoms in total. The van der Waals surface area contributed by atoms with Gasteiger partial charge in [0.2, 0.25) is 0 Å². The standard InChI is InChI=1S/C33H39FN6O3/c1-5-43-28-18-26-20(16-23(28)22-8-6-7-9-25(22)34)17-24(32(35)36-26)31(41)30-27(40-19-29(37-38-40)33(2,3)4)10-13-39(30)21-11-14-42-15-12-21/h6-9,16-19,21,27,30H,5,10-15H2,1-4H3,(H2,35,36)/t27?,30-/m0/s1. The van der Waals surface area contributed by atoms with Crippen molar-refractivity contribution < 1.29 is 18.7 Å². The van der Waals surface area contributed by atoms with E-state index in [0.29, 0.717) is 53.2 Å². The van der Waals surface area contributed by atoms with Crippen LogP contribution in [-0.2, 0) is 10.2 Å². The monoisotopic (exact) mass is 586 g/mol. The number of fused-ring (bicyclic) bond motifs is 1. The lowest BCUT2D eigenvalue weighted by Gasteiger charge is -2.36. The number of pyridine rings is 1. The Balaban J connectivity index is 1.44. The molecule has 0 saturated carbocycles. The lowest BCUT2D eigenvalue weighted by molar-refractivity contribution is 0.0253. The summed E-state index contributed by atoms with van der Waals surface area (Å²) in [6, 6.07) is 11.5. The Kier molecular flexibility index (Phi) is 7.91. The van der Waals surface area contributed by atoms with Gasteiger partial charge in [0.1, 0.15) is 17.4 Å². The second kappa shape index (κ2) is 11.7. The number of rotatable bonds is 7. The predicted octanol–water partition coefficient (Wildman–Crippen LogP) is 5.59. The smallest absolute Gasteiger partial charge is 0.185 e. The minimum Gasteiger partial charge on any atom is -0.493 e. The summed E-state index contributed by atoms with van der Waals surface area (Å²) in [5.41, 5.74) is 9.16. The normalized spacial score (nSPS) is 20.1. The summed E-state index contributed by atoms with van der Waals surface area (Å²) in [5.74, 6) is 0.208. The van der Waals surface area contributed by atoms with Crippen molar-refractivity contribution in [2.75, 3.05) is 32.1 Å². The Bertz CT molecular complexity index is 1640. The second-order valence-corrected chi connectivity index (χ2v) is 12.5. The number of likely N-dealkylation sites (tertiary alicyclic amines) is 1. The number of carbonyl (C=O) groups excluding carboxylic acids is 1. The molecule has 0 bridgehead atoms. The molecule has 2 saturated heterocycles. The average Bonchev–Trinajstić information content (AvgIpc) is 3.65. The van der Waals surface area contributed by atoms with Gasteiger partial charge in [-0.25, -0.2) is 14.1 Å². The summed E-state index contributed by atoms with van der Waals surface area (Å²) in [4.78, 5) is 21.5. The third-order valence-corrected chi connectivity index (χ3v) is 8.63. The molecule has 0 aliphatic carbocycles. The Labute approximate surface area is 251 Å². The highest BCUT2D eigenvalue weighted by molar-refractivity contribution is 6.07. The Morgan fingerprint density at radius 2 is 1.88 bits per heavy atom. The first-order chi connectivity index (χ1) is 20.7. The van der Waals surface area contributed by atoms with Crippen LogP contribution in [0.15, 0.2) is 48.7 Å². The summed E-state index contributed by atoms with van der Waals surface area (Å²) >= 11 is 0. The zero-order valence-electron chi connectivity index (χ0n) is 25.2. The van der Waals surface area contributed by atoms with Crippen molar-refractivity contribution in [3.63, 3.8) is 0 Å². The van der Waals surface area contributed by atoms with Gasteiger partial charge in [-0.1, -0.05) is 44.2 Å². The molecule has 2 aromatic carbocycles. The summed E-state index contributed by atoms with van der Waals surface area (Å²) in [6.07, 6.45) is 4.45. The Hall–Kier alpha value is -3.89. The molecule has 0 amide bonds. The van der Waals surface area contributed by atoms with E-state index in [9.17, 15) is 9.18 Å². The molecule has 1 unspecified atom stereocenters. The van der Waals surface area contributed by atoms with Crippen molar-refractivity contribution in [3.8, 4) is 16.9 Å². The van der Waals surface area contributed by atoms with E-state index in [-0.39, 0.29) is 34.9 Å². The van der Waals surface area contributed by atoms with Gasteiger partial charge >= 0.3 is 0 Å². The van der Waals surface area contributed by atoms with Crippen LogP contribution >= 0.6 is 0 Å². The van der Waals surface area contributed by atoms with Gasteiger partial charge in [0, 0.05) is 60.0 Å². The van der Waals surface area contributed by atoms with Crippen molar-refractivity contribution >= 4 is 22.5 Å². The molecule has 226 valence electrons. The summed E-state index contributed by atoms with van der Waals surface area (Å²) in [5, 5.41) is 9.62. The molecule has 2 aliphatic heterocycles. The maximum atomic E-state index is 14.9. The van der Waals surface area contributed by atoms with Crippen LogP contribution in [0.2, 0.25) is 0 Å². The molecule has 2 atom stereocenters. The fourth-order valence-electron chi connectivity index (χ4n) is 6.35. The molecule has 6 rings (SSSR count). The van der Waals surface area contributed by atoms with Crippen LogP contribution in [0.25, 0.3) is 22.0 Å². The fourth-order valence-corrected chi connectivity index (χ4v) is 6.35. The molecule has 2 N–H and O–H groups in total. The third-order valence-electron chi connectivity index (χ3n) is 8.63. The third kappa shape index (κ3) is 5.61. The molecule has 2 fully saturated rings. The van der Waals surface area contributed by atoms with Gasteiger partial charge < -0.3 is 15.2 Å². The molecule has 10 heteroatoms. The van der Waals surface area contributed by atoms with E-state index in [1.807, 2.05) is 23.9 Å². The van der Waals surface area contributed by atoms with Crippen LogP contribution in [0.1, 0.15) is 69.1 Å². The summed E-state index contributed by atoms with van der Waals surface area (Å²) < 4.78 is 28.3. The van der Waals surface area contributed by atoms with Gasteiger partial charge in [0.15, 0.2) is 5.78 Å². The number of aromatic nitrogens is 4. The molecule has 0 spiro atoms. The quantitative estimate of drug-likeness (QED) is 0.279. The number of nitrogen functional groups attached to an aromatic ring is 1. The second-order valence-electron chi connectivity index (χ2n) is 12.5. The SMILES string of the molecule is CCOc1cc2nc(N)c(C(=O)[C@@H]3C(n4cc(C(C)(C)C)nn4)CCN3C3CCOCC3)cc2cc1-c1ccccc1F. The van der Waals surface area contributed by atoms with E-state index in [1.54, 1.807) is 30.3 Å². The van der Waals surface area contributed by atoms with E-state index < -0.39 is 6.04 Å². The molecule has 4 aromatic rings. The van der Waals surface area contributed by atoms with Crippen molar-refractivity contribution in [1.82, 2.24) is 24.9 Å². The van der Waals surface area contributed by atoms with E-state index >= 15 is 0 Å². The first-order valence-corrected chi connectivity index (χ1v) is 15.1. The number of halogens is 1. The first-order valence-electron chi connectivity index (χ1n) is 15.1. The number of carbonyl (C=O) groups is 1. The minimum absolute atomic E-state index is 0.102. The van der Waals surface area contributed by atoms with Crippen LogP contribution in [-0.4, -0.2) is 69.1 Å². The van der Waals surface area contributed by atoms with Crippen molar-refractivity contribution in [2.24, 2.45) is 0 Å². The van der Waals surface area contributed by atoms with Gasteiger partial charge in [-0.15, -0.1) is 5.10 Å². The Morgan fingerprint density at radius 3 is 2.58 bits per heavy atom.